The van der Waals surface area contributed by atoms with E-state index in [0.717, 1.165) is 5.39 Å². The van der Waals surface area contributed by atoms with Crippen molar-refractivity contribution in [1.82, 2.24) is 0 Å². The third-order valence-corrected chi connectivity index (χ3v) is 3.45. The number of halogens is 1. The summed E-state index contributed by atoms with van der Waals surface area (Å²) in [6.45, 7) is 1.67. The van der Waals surface area contributed by atoms with Gasteiger partial charge in [-0.3, -0.25) is 0 Å². The maximum absolute atomic E-state index is 12.2. The van der Waals surface area contributed by atoms with Crippen molar-refractivity contribution in [3.63, 3.8) is 0 Å². The van der Waals surface area contributed by atoms with E-state index in [1.807, 2.05) is 0 Å². The van der Waals surface area contributed by atoms with Crippen LogP contribution in [0.4, 0.5) is 5.69 Å². The third kappa shape index (κ3) is 4.20. The van der Waals surface area contributed by atoms with E-state index in [0.29, 0.717) is 22.4 Å². The number of ether oxygens (including phenoxy) is 1. The van der Waals surface area contributed by atoms with Gasteiger partial charge in [0.1, 0.15) is 11.3 Å². The molecule has 1 aromatic heterocycles. The van der Waals surface area contributed by atoms with Crippen LogP contribution in [0.5, 0.6) is 5.75 Å². The Morgan fingerprint density at radius 2 is 1.77 bits per heavy atom. The lowest BCUT2D eigenvalue weighted by atomic mass is 10.2. The first-order valence-electron chi connectivity index (χ1n) is 7.39. The van der Waals surface area contributed by atoms with Gasteiger partial charge in [0.15, 0.2) is 5.96 Å². The number of benzene rings is 2. The molecular formula is C18H15ClN3O4-. The molecule has 7 nitrogen and oxygen atoms in total. The van der Waals surface area contributed by atoms with Gasteiger partial charge in [0.2, 0.25) is 0 Å². The lowest BCUT2D eigenvalue weighted by Crippen LogP contribution is -3.00. The predicted molar refractivity (Wildman–Crippen MR) is 94.1 cm³/mol. The molecule has 0 fully saturated rings. The van der Waals surface area contributed by atoms with Gasteiger partial charge in [-0.15, -0.1) is 0 Å². The first-order valence-corrected chi connectivity index (χ1v) is 7.39. The summed E-state index contributed by atoms with van der Waals surface area (Å²) in [5.41, 5.74) is 11.9. The minimum absolute atomic E-state index is 0. The highest BCUT2D eigenvalue weighted by atomic mass is 35.5. The predicted octanol–water partition coefficient (Wildman–Crippen LogP) is -0.770. The van der Waals surface area contributed by atoms with Gasteiger partial charge in [0.05, 0.1) is 11.3 Å². The Hall–Kier alpha value is -3.32. The molecular weight excluding hydrogens is 358 g/mol. The number of hydrogen-bond donors (Lipinski definition) is 2. The summed E-state index contributed by atoms with van der Waals surface area (Å²) in [4.78, 5) is 27.7. The number of nitrogens with two attached hydrogens (primary N) is 2. The molecule has 0 atom stereocenters. The van der Waals surface area contributed by atoms with E-state index >= 15 is 0 Å². The first kappa shape index (κ1) is 19.0. The van der Waals surface area contributed by atoms with E-state index in [4.69, 9.17) is 20.6 Å². The highest BCUT2D eigenvalue weighted by Gasteiger charge is 2.10. The molecule has 2 aromatic carbocycles. The Labute approximate surface area is 154 Å². The number of aliphatic imine (C=N–C) groups is 1. The molecule has 0 aliphatic carbocycles. The molecule has 0 bridgehead atoms. The summed E-state index contributed by atoms with van der Waals surface area (Å²) >= 11 is 0. The molecule has 0 unspecified atom stereocenters. The molecule has 0 saturated carbocycles. The van der Waals surface area contributed by atoms with Crippen LogP contribution in [-0.2, 0) is 0 Å². The van der Waals surface area contributed by atoms with Gasteiger partial charge in [-0.05, 0) is 49.4 Å². The molecule has 134 valence electrons. The number of hydrogen-bond acceptors (Lipinski definition) is 5. The van der Waals surface area contributed by atoms with Crippen molar-refractivity contribution in [2.75, 3.05) is 0 Å². The SMILES string of the molecule is Cc1cc2ccc(OC(=O)c3ccc(N=C(N)N)cc3)cc2oc1=O.[Cl-]. The summed E-state index contributed by atoms with van der Waals surface area (Å²) in [6, 6.07) is 12.9. The monoisotopic (exact) mass is 372 g/mol. The van der Waals surface area contributed by atoms with Crippen LogP contribution in [0.1, 0.15) is 15.9 Å². The molecule has 3 rings (SSSR count). The topological polar surface area (TPSA) is 121 Å². The maximum atomic E-state index is 12.2. The normalized spacial score (nSPS) is 10.0. The van der Waals surface area contributed by atoms with Crippen molar-refractivity contribution >= 4 is 28.6 Å². The van der Waals surface area contributed by atoms with Gasteiger partial charge in [-0.1, -0.05) is 0 Å². The molecule has 3 aromatic rings. The summed E-state index contributed by atoms with van der Waals surface area (Å²) in [7, 11) is 0. The number of carbonyl (C=O) groups excluding carboxylic acids is 1. The fourth-order valence-electron chi connectivity index (χ4n) is 2.25. The molecule has 0 amide bonds. The van der Waals surface area contributed by atoms with Gasteiger partial charge < -0.3 is 33.0 Å². The van der Waals surface area contributed by atoms with Crippen molar-refractivity contribution in [3.8, 4) is 5.75 Å². The molecule has 0 aliphatic rings. The highest BCUT2D eigenvalue weighted by molar-refractivity contribution is 5.92. The van der Waals surface area contributed by atoms with Crippen LogP contribution in [0.25, 0.3) is 11.0 Å². The smallest absolute Gasteiger partial charge is 0.343 e. The Balaban J connectivity index is 0.00000243. The molecule has 0 saturated heterocycles. The minimum Gasteiger partial charge on any atom is -1.00 e. The number of aryl methyl sites for hydroxylation is 1. The largest absolute Gasteiger partial charge is 1.00 e. The number of guanidine groups is 1. The van der Waals surface area contributed by atoms with Crippen LogP contribution >= 0.6 is 0 Å². The fraction of sp³-hybridized carbons (Fsp3) is 0.0556. The van der Waals surface area contributed by atoms with Crippen molar-refractivity contribution in [1.29, 1.82) is 0 Å². The van der Waals surface area contributed by atoms with Crippen LogP contribution in [-0.4, -0.2) is 11.9 Å². The molecule has 8 heteroatoms. The van der Waals surface area contributed by atoms with Crippen LogP contribution in [0.3, 0.4) is 0 Å². The molecule has 26 heavy (non-hydrogen) atoms. The number of carbonyl (C=O) groups is 1. The van der Waals surface area contributed by atoms with Crippen LogP contribution < -0.4 is 34.2 Å². The second kappa shape index (κ2) is 7.71. The summed E-state index contributed by atoms with van der Waals surface area (Å²) < 4.78 is 10.5. The quantitative estimate of drug-likeness (QED) is 0.205. The van der Waals surface area contributed by atoms with Crippen LogP contribution in [0, 0.1) is 6.92 Å². The summed E-state index contributed by atoms with van der Waals surface area (Å²) in [6.07, 6.45) is 0. The van der Waals surface area contributed by atoms with Gasteiger partial charge in [-0.2, -0.15) is 0 Å². The fourth-order valence-corrected chi connectivity index (χ4v) is 2.25. The lowest BCUT2D eigenvalue weighted by Gasteiger charge is -2.06. The van der Waals surface area contributed by atoms with Crippen LogP contribution in [0.2, 0.25) is 0 Å². The van der Waals surface area contributed by atoms with E-state index < -0.39 is 11.6 Å². The summed E-state index contributed by atoms with van der Waals surface area (Å²) in [5, 5.41) is 0.749. The zero-order valence-corrected chi connectivity index (χ0v) is 14.5. The van der Waals surface area contributed by atoms with E-state index in [2.05, 4.69) is 4.99 Å². The third-order valence-electron chi connectivity index (χ3n) is 3.45. The van der Waals surface area contributed by atoms with E-state index in [1.165, 1.54) is 6.07 Å². The summed E-state index contributed by atoms with van der Waals surface area (Å²) in [5.74, 6) is -0.342. The average molecular weight is 373 g/mol. The van der Waals surface area contributed by atoms with Crippen LogP contribution in [0.15, 0.2) is 62.7 Å². The van der Waals surface area contributed by atoms with Gasteiger partial charge >= 0.3 is 11.6 Å². The van der Waals surface area contributed by atoms with Gasteiger partial charge in [0.25, 0.3) is 0 Å². The highest BCUT2D eigenvalue weighted by Crippen LogP contribution is 2.22. The van der Waals surface area contributed by atoms with Gasteiger partial charge in [-0.25, -0.2) is 14.6 Å². The number of nitrogens with zero attached hydrogens (tertiary/aromatic N) is 1. The molecule has 0 spiro atoms. The zero-order chi connectivity index (χ0) is 18.0. The van der Waals surface area contributed by atoms with E-state index in [1.54, 1.807) is 49.4 Å². The van der Waals surface area contributed by atoms with Crippen molar-refractivity contribution < 1.29 is 26.4 Å². The standard InChI is InChI=1S/C18H15N3O4.ClH/c1-10-8-12-4-7-14(9-15(12)25-16(10)22)24-17(23)11-2-5-13(6-3-11)21-18(19)20;/h2-9H,1H3,(H4,19,20,21);1H/p-1. The zero-order valence-electron chi connectivity index (χ0n) is 13.7. The second-order valence-electron chi connectivity index (χ2n) is 5.39. The molecule has 0 radical (unpaired) electrons. The number of fused-ring (bicyclic) bond motifs is 1. The van der Waals surface area contributed by atoms with E-state index in [9.17, 15) is 9.59 Å². The molecule has 4 N–H and O–H groups in total. The molecule has 1 heterocycles. The first-order chi connectivity index (χ1) is 11.9. The lowest BCUT2D eigenvalue weighted by molar-refractivity contribution is -0.0000189. The van der Waals surface area contributed by atoms with Crippen molar-refractivity contribution in [2.24, 2.45) is 16.5 Å². The van der Waals surface area contributed by atoms with E-state index in [-0.39, 0.29) is 24.1 Å². The minimum atomic E-state index is -0.551. The Morgan fingerprint density at radius 1 is 1.08 bits per heavy atom. The molecule has 0 aliphatic heterocycles. The maximum Gasteiger partial charge on any atom is 0.343 e. The second-order valence-corrected chi connectivity index (χ2v) is 5.39. The number of rotatable bonds is 3. The van der Waals surface area contributed by atoms with Gasteiger partial charge in [0, 0.05) is 17.0 Å². The Kier molecular flexibility index (Phi) is 5.64. The average Bonchev–Trinajstić information content (AvgIpc) is 2.56. The van der Waals surface area contributed by atoms with Crippen molar-refractivity contribution in [3.05, 3.63) is 70.1 Å². The number of esters is 1. The van der Waals surface area contributed by atoms with Crippen molar-refractivity contribution in [2.45, 2.75) is 6.92 Å². The Bertz CT molecular complexity index is 1040. The Morgan fingerprint density at radius 3 is 2.42 bits per heavy atom.